The first-order chi connectivity index (χ1) is 10.0. The Bertz CT molecular complexity index is 465. The molecule has 1 N–H and O–H groups in total. The maximum absolute atomic E-state index is 11.9. The maximum atomic E-state index is 11.9. The Morgan fingerprint density at radius 1 is 1.29 bits per heavy atom. The number of hydrogen-bond acceptors (Lipinski definition) is 5. The molecule has 0 unspecified atom stereocenters. The Balaban J connectivity index is 2.33. The minimum Gasteiger partial charge on any atom is -0.396 e. The lowest BCUT2D eigenvalue weighted by molar-refractivity contribution is -0.384. The van der Waals surface area contributed by atoms with Crippen LogP contribution in [-0.2, 0) is 4.79 Å². The predicted molar refractivity (Wildman–Crippen MR) is 82.4 cm³/mol. The fraction of sp³-hybridized carbons (Fsp3) is 0.500. The third-order valence-corrected chi connectivity index (χ3v) is 3.98. The van der Waals surface area contributed by atoms with Gasteiger partial charge in [0.15, 0.2) is 0 Å². The molecule has 21 heavy (non-hydrogen) atoms. The summed E-state index contributed by atoms with van der Waals surface area (Å²) in [5.41, 5.74) is 0.0478. The Morgan fingerprint density at radius 2 is 1.95 bits per heavy atom. The monoisotopic (exact) mass is 312 g/mol. The first kappa shape index (κ1) is 17.5. The van der Waals surface area contributed by atoms with Gasteiger partial charge >= 0.3 is 0 Å². The van der Waals surface area contributed by atoms with Crippen LogP contribution in [0, 0.1) is 10.1 Å². The highest BCUT2D eigenvalue weighted by atomic mass is 32.2. The van der Waals surface area contributed by atoms with Crippen LogP contribution in [0.25, 0.3) is 0 Å². The highest BCUT2D eigenvalue weighted by Crippen LogP contribution is 2.21. The molecule has 116 valence electrons. The van der Waals surface area contributed by atoms with Gasteiger partial charge in [0.25, 0.3) is 5.69 Å². The lowest BCUT2D eigenvalue weighted by atomic mass is 10.2. The van der Waals surface area contributed by atoms with Gasteiger partial charge in [-0.1, -0.05) is 0 Å². The number of thioether (sulfide) groups is 1. The molecule has 0 aliphatic rings. The topological polar surface area (TPSA) is 83.7 Å². The average Bonchev–Trinajstić information content (AvgIpc) is 2.49. The minimum atomic E-state index is -0.445. The molecule has 7 heteroatoms. The number of hydrogen-bond donors (Lipinski definition) is 1. The quantitative estimate of drug-likeness (QED) is 0.327. The molecule has 1 aromatic carbocycles. The van der Waals surface area contributed by atoms with E-state index in [4.69, 9.17) is 5.11 Å². The minimum absolute atomic E-state index is 0.0300. The van der Waals surface area contributed by atoms with E-state index in [1.54, 1.807) is 24.1 Å². The van der Waals surface area contributed by atoms with Gasteiger partial charge in [0.05, 0.1) is 10.7 Å². The van der Waals surface area contributed by atoms with Gasteiger partial charge in [0.2, 0.25) is 5.91 Å². The lowest BCUT2D eigenvalue weighted by Gasteiger charge is -2.16. The second-order valence-electron chi connectivity index (χ2n) is 4.64. The number of non-ortho nitro benzene ring substituents is 1. The van der Waals surface area contributed by atoms with Gasteiger partial charge in [-0.25, -0.2) is 0 Å². The van der Waals surface area contributed by atoms with E-state index in [1.807, 2.05) is 0 Å². The Labute approximate surface area is 128 Å². The van der Waals surface area contributed by atoms with Gasteiger partial charge in [0, 0.05) is 37.2 Å². The molecule has 6 nitrogen and oxygen atoms in total. The van der Waals surface area contributed by atoms with Crippen molar-refractivity contribution in [2.45, 2.75) is 24.2 Å². The number of benzene rings is 1. The highest BCUT2D eigenvalue weighted by Gasteiger charge is 2.10. The summed E-state index contributed by atoms with van der Waals surface area (Å²) in [5, 5.41) is 19.2. The Morgan fingerprint density at radius 3 is 2.52 bits per heavy atom. The van der Waals surface area contributed by atoms with E-state index in [9.17, 15) is 14.9 Å². The van der Waals surface area contributed by atoms with Crippen molar-refractivity contribution >= 4 is 23.4 Å². The van der Waals surface area contributed by atoms with Crippen LogP contribution in [-0.4, -0.2) is 46.8 Å². The predicted octanol–water partition coefficient (Wildman–Crippen LogP) is 2.31. The van der Waals surface area contributed by atoms with Crippen LogP contribution in [0.4, 0.5) is 5.69 Å². The van der Waals surface area contributed by atoms with Crippen molar-refractivity contribution in [1.82, 2.24) is 4.90 Å². The molecule has 0 spiro atoms. The standard InChI is InChI=1S/C14H20N2O4S/c1-15(9-3-2-4-10-17)14(18)11-21-13-7-5-12(6-8-13)16(19)20/h5-8,17H,2-4,9-11H2,1H3. The van der Waals surface area contributed by atoms with Crippen molar-refractivity contribution in [3.05, 3.63) is 34.4 Å². The van der Waals surface area contributed by atoms with E-state index in [1.165, 1.54) is 23.9 Å². The summed E-state index contributed by atoms with van der Waals surface area (Å²) in [5.74, 6) is 0.344. The summed E-state index contributed by atoms with van der Waals surface area (Å²) >= 11 is 1.37. The fourth-order valence-electron chi connectivity index (χ4n) is 1.68. The van der Waals surface area contributed by atoms with Crippen LogP contribution in [0.3, 0.4) is 0 Å². The molecule has 1 amide bonds. The summed E-state index contributed by atoms with van der Waals surface area (Å²) < 4.78 is 0. The molecule has 0 aliphatic heterocycles. The van der Waals surface area contributed by atoms with Crippen LogP contribution >= 0.6 is 11.8 Å². The molecular formula is C14H20N2O4S. The third kappa shape index (κ3) is 6.59. The van der Waals surface area contributed by atoms with Gasteiger partial charge in [-0.15, -0.1) is 11.8 Å². The summed E-state index contributed by atoms with van der Waals surface area (Å²) in [7, 11) is 1.76. The number of carbonyl (C=O) groups excluding carboxylic acids is 1. The molecule has 1 rings (SSSR count). The number of aliphatic hydroxyl groups excluding tert-OH is 1. The van der Waals surface area contributed by atoms with Crippen LogP contribution in [0.15, 0.2) is 29.2 Å². The van der Waals surface area contributed by atoms with Gasteiger partial charge in [-0.3, -0.25) is 14.9 Å². The number of nitrogens with zero attached hydrogens (tertiary/aromatic N) is 2. The SMILES string of the molecule is CN(CCCCCO)C(=O)CSc1ccc([N+](=O)[O-])cc1. The molecular weight excluding hydrogens is 292 g/mol. The van der Waals surface area contributed by atoms with E-state index in [2.05, 4.69) is 0 Å². The first-order valence-corrected chi connectivity index (χ1v) is 7.75. The molecule has 0 atom stereocenters. The maximum Gasteiger partial charge on any atom is 0.269 e. The van der Waals surface area contributed by atoms with Crippen molar-refractivity contribution in [2.75, 3.05) is 26.0 Å². The van der Waals surface area contributed by atoms with Crippen molar-refractivity contribution in [3.63, 3.8) is 0 Å². The summed E-state index contributed by atoms with van der Waals surface area (Å²) in [6.07, 6.45) is 2.55. The number of carbonyl (C=O) groups is 1. The second-order valence-corrected chi connectivity index (χ2v) is 5.69. The molecule has 1 aromatic rings. The van der Waals surface area contributed by atoms with E-state index >= 15 is 0 Å². The zero-order valence-electron chi connectivity index (χ0n) is 12.0. The van der Waals surface area contributed by atoms with Crippen LogP contribution < -0.4 is 0 Å². The number of nitro groups is 1. The van der Waals surface area contributed by atoms with E-state index in [-0.39, 0.29) is 18.2 Å². The number of aliphatic hydroxyl groups is 1. The number of rotatable bonds is 9. The van der Waals surface area contributed by atoms with Gasteiger partial charge in [-0.2, -0.15) is 0 Å². The Hall–Kier alpha value is -1.60. The van der Waals surface area contributed by atoms with Crippen LogP contribution in [0.5, 0.6) is 0 Å². The van der Waals surface area contributed by atoms with Gasteiger partial charge in [-0.05, 0) is 31.4 Å². The molecule has 0 aromatic heterocycles. The fourth-order valence-corrected chi connectivity index (χ4v) is 2.52. The van der Waals surface area contributed by atoms with E-state index in [0.29, 0.717) is 12.3 Å². The summed E-state index contributed by atoms with van der Waals surface area (Å²) in [6.45, 7) is 0.868. The molecule has 0 saturated heterocycles. The molecule has 0 aliphatic carbocycles. The van der Waals surface area contributed by atoms with E-state index < -0.39 is 4.92 Å². The molecule has 0 saturated carbocycles. The average molecular weight is 312 g/mol. The Kier molecular flexibility index (Phi) is 7.78. The first-order valence-electron chi connectivity index (χ1n) is 6.76. The van der Waals surface area contributed by atoms with Crippen molar-refractivity contribution in [1.29, 1.82) is 0 Å². The highest BCUT2D eigenvalue weighted by molar-refractivity contribution is 8.00. The molecule has 0 heterocycles. The lowest BCUT2D eigenvalue weighted by Crippen LogP contribution is -2.29. The summed E-state index contributed by atoms with van der Waals surface area (Å²) in [4.78, 5) is 24.5. The largest absolute Gasteiger partial charge is 0.396 e. The number of nitro benzene ring substituents is 1. The molecule has 0 bridgehead atoms. The van der Waals surface area contributed by atoms with Gasteiger partial charge in [0.1, 0.15) is 0 Å². The normalized spacial score (nSPS) is 10.4. The second kappa shape index (κ2) is 9.36. The molecule has 0 radical (unpaired) electrons. The zero-order valence-corrected chi connectivity index (χ0v) is 12.8. The van der Waals surface area contributed by atoms with Gasteiger partial charge < -0.3 is 10.0 Å². The van der Waals surface area contributed by atoms with Crippen LogP contribution in [0.1, 0.15) is 19.3 Å². The molecule has 0 fully saturated rings. The van der Waals surface area contributed by atoms with E-state index in [0.717, 1.165) is 24.2 Å². The third-order valence-electron chi connectivity index (χ3n) is 2.99. The number of unbranched alkanes of at least 4 members (excludes halogenated alkanes) is 2. The van der Waals surface area contributed by atoms with Crippen LogP contribution in [0.2, 0.25) is 0 Å². The van der Waals surface area contributed by atoms with Crippen molar-refractivity contribution in [3.8, 4) is 0 Å². The summed E-state index contributed by atoms with van der Waals surface area (Å²) in [6, 6.07) is 6.17. The van der Waals surface area contributed by atoms with Crippen molar-refractivity contribution in [2.24, 2.45) is 0 Å². The smallest absolute Gasteiger partial charge is 0.269 e. The number of amides is 1. The van der Waals surface area contributed by atoms with Crippen molar-refractivity contribution < 1.29 is 14.8 Å². The zero-order chi connectivity index (χ0) is 15.7.